The van der Waals surface area contributed by atoms with Gasteiger partial charge in [0.15, 0.2) is 8.32 Å². The predicted molar refractivity (Wildman–Crippen MR) is 66.6 cm³/mol. The number of rotatable bonds is 5. The first-order valence-corrected chi connectivity index (χ1v) is 9.14. The van der Waals surface area contributed by atoms with Gasteiger partial charge in [-0.25, -0.2) is 0 Å². The normalized spacial score (nSPS) is 30.5. The first-order valence-electron chi connectivity index (χ1n) is 5.73. The highest BCUT2D eigenvalue weighted by Gasteiger charge is 2.50. The molecule has 1 fully saturated rings. The van der Waals surface area contributed by atoms with Crippen LogP contribution in [0.5, 0.6) is 0 Å². The van der Waals surface area contributed by atoms with Gasteiger partial charge in [-0.3, -0.25) is 0 Å². The van der Waals surface area contributed by atoms with E-state index in [2.05, 4.69) is 52.6 Å². The molecule has 0 aromatic carbocycles. The van der Waals surface area contributed by atoms with Crippen molar-refractivity contribution in [3.8, 4) is 0 Å². The summed E-state index contributed by atoms with van der Waals surface area (Å²) in [5, 5.41) is 0. The van der Waals surface area contributed by atoms with Gasteiger partial charge in [-0.1, -0.05) is 19.1 Å². The fourth-order valence-electron chi connectivity index (χ4n) is 1.85. The molecule has 15 heavy (non-hydrogen) atoms. The number of epoxide rings is 1. The summed E-state index contributed by atoms with van der Waals surface area (Å²) in [5.41, 5.74) is -0.0425. The van der Waals surface area contributed by atoms with E-state index in [1.54, 1.807) is 0 Å². The Bertz CT molecular complexity index is 238. The molecule has 3 heteroatoms. The van der Waals surface area contributed by atoms with Gasteiger partial charge in [-0.2, -0.15) is 0 Å². The summed E-state index contributed by atoms with van der Waals surface area (Å²) in [7, 11) is -1.50. The van der Waals surface area contributed by atoms with Crippen LogP contribution < -0.4 is 0 Å². The molecule has 0 spiro atoms. The topological polar surface area (TPSA) is 21.8 Å². The monoisotopic (exact) mass is 228 g/mol. The zero-order valence-corrected chi connectivity index (χ0v) is 11.8. The van der Waals surface area contributed by atoms with Crippen molar-refractivity contribution in [2.24, 2.45) is 5.92 Å². The lowest BCUT2D eigenvalue weighted by atomic mass is 9.94. The molecule has 0 saturated carbocycles. The Morgan fingerprint density at radius 1 is 1.40 bits per heavy atom. The maximum atomic E-state index is 6.24. The molecule has 0 aromatic rings. The molecule has 1 aliphatic rings. The second-order valence-corrected chi connectivity index (χ2v) is 10.1. The van der Waals surface area contributed by atoms with Crippen molar-refractivity contribution in [2.75, 3.05) is 6.61 Å². The van der Waals surface area contributed by atoms with E-state index in [0.717, 1.165) is 6.61 Å². The maximum absolute atomic E-state index is 6.24. The molecule has 0 bridgehead atoms. The minimum Gasteiger partial charge on any atom is -0.411 e. The van der Waals surface area contributed by atoms with Crippen molar-refractivity contribution in [1.29, 1.82) is 0 Å². The lowest BCUT2D eigenvalue weighted by Gasteiger charge is -2.32. The Hall–Kier alpha value is -0.123. The summed E-state index contributed by atoms with van der Waals surface area (Å²) in [6, 6.07) is 0. The molecule has 1 rings (SSSR count). The Morgan fingerprint density at radius 2 is 1.93 bits per heavy atom. The summed E-state index contributed by atoms with van der Waals surface area (Å²) < 4.78 is 11.8. The molecule has 0 aromatic heterocycles. The van der Waals surface area contributed by atoms with Crippen LogP contribution in [0.2, 0.25) is 19.6 Å². The summed E-state index contributed by atoms with van der Waals surface area (Å²) in [4.78, 5) is 0. The van der Waals surface area contributed by atoms with Crippen molar-refractivity contribution < 1.29 is 9.16 Å². The van der Waals surface area contributed by atoms with Crippen LogP contribution in [-0.4, -0.2) is 26.6 Å². The Morgan fingerprint density at radius 3 is 2.27 bits per heavy atom. The van der Waals surface area contributed by atoms with Crippen LogP contribution in [-0.2, 0) is 9.16 Å². The van der Waals surface area contributed by atoms with Gasteiger partial charge in [0.05, 0.1) is 12.7 Å². The van der Waals surface area contributed by atoms with Crippen molar-refractivity contribution in [3.05, 3.63) is 12.2 Å². The molecular formula is C12H24O2Si. The highest BCUT2D eigenvalue weighted by atomic mass is 28.4. The zero-order valence-electron chi connectivity index (χ0n) is 10.8. The fraction of sp³-hybridized carbons (Fsp3) is 0.833. The number of hydrogen-bond acceptors (Lipinski definition) is 2. The first-order chi connectivity index (χ1) is 6.78. The van der Waals surface area contributed by atoms with Crippen molar-refractivity contribution in [3.63, 3.8) is 0 Å². The van der Waals surface area contributed by atoms with Gasteiger partial charge in [0.25, 0.3) is 0 Å². The molecule has 2 nitrogen and oxygen atoms in total. The van der Waals surface area contributed by atoms with E-state index < -0.39 is 8.32 Å². The minimum atomic E-state index is -1.50. The van der Waals surface area contributed by atoms with Crippen molar-refractivity contribution in [2.45, 2.75) is 52.1 Å². The highest BCUT2D eigenvalue weighted by Crippen LogP contribution is 2.37. The molecule has 0 N–H and O–H groups in total. The summed E-state index contributed by atoms with van der Waals surface area (Å²) in [6.07, 6.45) is 4.51. The van der Waals surface area contributed by atoms with E-state index >= 15 is 0 Å². The average molecular weight is 228 g/mol. The van der Waals surface area contributed by atoms with Crippen LogP contribution in [0.1, 0.15) is 20.8 Å². The van der Waals surface area contributed by atoms with E-state index in [9.17, 15) is 0 Å². The molecule has 0 amide bonds. The van der Waals surface area contributed by atoms with Crippen LogP contribution in [0.25, 0.3) is 0 Å². The standard InChI is InChI=1S/C12H24O2Si/c1-7-8-10(2)11(12(3)9-13-12)14-15(4,5)6/h7-8,10-11H,9H2,1-6H3/b8-7+/t10-,11+,12-/m0/s1. The highest BCUT2D eigenvalue weighted by molar-refractivity contribution is 6.69. The number of hydrogen-bond donors (Lipinski definition) is 0. The number of ether oxygens (including phenoxy) is 1. The van der Waals surface area contributed by atoms with Crippen LogP contribution in [0.3, 0.4) is 0 Å². The first kappa shape index (κ1) is 12.9. The molecule has 0 aliphatic carbocycles. The van der Waals surface area contributed by atoms with Crippen LogP contribution in [0.4, 0.5) is 0 Å². The largest absolute Gasteiger partial charge is 0.411 e. The molecule has 88 valence electrons. The molecule has 1 aliphatic heterocycles. The van der Waals surface area contributed by atoms with Crippen LogP contribution in [0.15, 0.2) is 12.2 Å². The molecule has 1 heterocycles. The van der Waals surface area contributed by atoms with Gasteiger partial charge in [0.1, 0.15) is 5.60 Å². The second kappa shape index (κ2) is 4.40. The van der Waals surface area contributed by atoms with Gasteiger partial charge in [-0.15, -0.1) is 0 Å². The van der Waals surface area contributed by atoms with E-state index in [4.69, 9.17) is 9.16 Å². The third-order valence-corrected chi connectivity index (χ3v) is 3.62. The Kier molecular flexibility index (Phi) is 3.79. The van der Waals surface area contributed by atoms with E-state index in [0.29, 0.717) is 5.92 Å². The lowest BCUT2D eigenvalue weighted by Crippen LogP contribution is -2.43. The summed E-state index contributed by atoms with van der Waals surface area (Å²) in [6.45, 7) is 13.9. The van der Waals surface area contributed by atoms with Crippen molar-refractivity contribution in [1.82, 2.24) is 0 Å². The Labute approximate surface area is 94.8 Å². The third kappa shape index (κ3) is 3.74. The SMILES string of the molecule is C/C=C/[C@H](C)[C@@H](O[Si](C)(C)C)[C@]1(C)CO1. The number of allylic oxidation sites excluding steroid dienone is 1. The van der Waals surface area contributed by atoms with Gasteiger partial charge < -0.3 is 9.16 Å². The molecule has 0 radical (unpaired) electrons. The van der Waals surface area contributed by atoms with Crippen molar-refractivity contribution >= 4 is 8.32 Å². The van der Waals surface area contributed by atoms with Gasteiger partial charge in [0.2, 0.25) is 0 Å². The molecule has 1 saturated heterocycles. The lowest BCUT2D eigenvalue weighted by molar-refractivity contribution is 0.0720. The zero-order chi connectivity index (χ0) is 11.7. The molecular weight excluding hydrogens is 204 g/mol. The maximum Gasteiger partial charge on any atom is 0.184 e. The van der Waals surface area contributed by atoms with Gasteiger partial charge >= 0.3 is 0 Å². The summed E-state index contributed by atoms with van der Waals surface area (Å²) in [5.74, 6) is 0.425. The smallest absolute Gasteiger partial charge is 0.184 e. The van der Waals surface area contributed by atoms with E-state index in [1.807, 2.05) is 0 Å². The van der Waals surface area contributed by atoms with Crippen LogP contribution in [0, 0.1) is 5.92 Å². The van der Waals surface area contributed by atoms with Gasteiger partial charge in [0, 0.05) is 5.92 Å². The second-order valence-electron chi connectivity index (χ2n) is 5.64. The summed E-state index contributed by atoms with van der Waals surface area (Å²) >= 11 is 0. The van der Waals surface area contributed by atoms with E-state index in [1.165, 1.54) is 0 Å². The van der Waals surface area contributed by atoms with Crippen LogP contribution >= 0.6 is 0 Å². The van der Waals surface area contributed by atoms with Gasteiger partial charge in [-0.05, 0) is 33.5 Å². The third-order valence-electron chi connectivity index (χ3n) is 2.66. The minimum absolute atomic E-state index is 0.0425. The fourth-order valence-corrected chi connectivity index (χ4v) is 3.08. The molecule has 3 atom stereocenters. The Balaban J connectivity index is 2.70. The molecule has 0 unspecified atom stereocenters. The predicted octanol–water partition coefficient (Wildman–Crippen LogP) is 3.21. The average Bonchev–Trinajstić information content (AvgIpc) is 2.79. The quantitative estimate of drug-likeness (QED) is 0.409. The van der Waals surface area contributed by atoms with E-state index in [-0.39, 0.29) is 11.7 Å².